The number of hydrogen-bond donors (Lipinski definition) is 2. The van der Waals surface area contributed by atoms with Gasteiger partial charge in [0.1, 0.15) is 0 Å². The van der Waals surface area contributed by atoms with Gasteiger partial charge in [-0.25, -0.2) is 0 Å². The normalized spacial score (nSPS) is 19.9. The third-order valence-electron chi connectivity index (χ3n) is 5.25. The Hall–Kier alpha value is -3.16. The lowest BCUT2D eigenvalue weighted by molar-refractivity contribution is -0.142. The second kappa shape index (κ2) is 6.86. The number of amides is 1. The standard InChI is InChI=1S/C19H21N5O3/c1-23-10-2-3-15(23)17-22-21-16-9-6-13(11-24(16)17)18(25)20-14-7-4-12(5-8-14)19(26)27/h2-3,6,9-12,14H,4-5,7-8H2,1H3,(H,20,25)(H,26,27). The Labute approximate surface area is 155 Å². The van der Waals surface area contributed by atoms with Crippen LogP contribution in [0.2, 0.25) is 0 Å². The number of carboxylic acid groups (broad SMARTS) is 1. The molecule has 140 valence electrons. The molecule has 1 aliphatic rings. The van der Waals surface area contributed by atoms with Crippen LogP contribution in [-0.2, 0) is 11.8 Å². The fourth-order valence-corrected chi connectivity index (χ4v) is 3.65. The number of aromatic nitrogens is 4. The lowest BCUT2D eigenvalue weighted by atomic mass is 9.86. The molecule has 0 unspecified atom stereocenters. The molecule has 0 radical (unpaired) electrons. The maximum Gasteiger partial charge on any atom is 0.306 e. The Balaban J connectivity index is 1.53. The molecule has 1 amide bonds. The highest BCUT2D eigenvalue weighted by atomic mass is 16.4. The van der Waals surface area contributed by atoms with Gasteiger partial charge in [0.05, 0.1) is 17.2 Å². The number of fused-ring (bicyclic) bond motifs is 1. The molecule has 1 saturated carbocycles. The van der Waals surface area contributed by atoms with E-state index >= 15 is 0 Å². The Kier molecular flexibility index (Phi) is 4.39. The summed E-state index contributed by atoms with van der Waals surface area (Å²) in [6.07, 6.45) is 6.25. The lowest BCUT2D eigenvalue weighted by Gasteiger charge is -2.26. The zero-order valence-corrected chi connectivity index (χ0v) is 15.0. The van der Waals surface area contributed by atoms with Crippen LogP contribution in [0.1, 0.15) is 36.0 Å². The maximum atomic E-state index is 12.7. The molecule has 27 heavy (non-hydrogen) atoms. The van der Waals surface area contributed by atoms with Crippen molar-refractivity contribution in [2.75, 3.05) is 0 Å². The molecule has 2 N–H and O–H groups in total. The number of nitrogens with zero attached hydrogens (tertiary/aromatic N) is 4. The quantitative estimate of drug-likeness (QED) is 0.735. The van der Waals surface area contributed by atoms with Gasteiger partial charge in [-0.3, -0.25) is 14.0 Å². The Morgan fingerprint density at radius 2 is 1.93 bits per heavy atom. The van der Waals surface area contributed by atoms with Gasteiger partial charge in [0.15, 0.2) is 11.5 Å². The largest absolute Gasteiger partial charge is 0.481 e. The van der Waals surface area contributed by atoms with Gasteiger partial charge in [-0.05, 0) is 49.9 Å². The minimum Gasteiger partial charge on any atom is -0.481 e. The summed E-state index contributed by atoms with van der Waals surface area (Å²) in [5, 5.41) is 20.5. The van der Waals surface area contributed by atoms with Crippen LogP contribution in [0.25, 0.3) is 17.2 Å². The molecule has 0 aliphatic heterocycles. The zero-order chi connectivity index (χ0) is 19.0. The first-order chi connectivity index (χ1) is 13.0. The monoisotopic (exact) mass is 367 g/mol. The van der Waals surface area contributed by atoms with E-state index in [4.69, 9.17) is 5.11 Å². The predicted molar refractivity (Wildman–Crippen MR) is 98.2 cm³/mol. The highest BCUT2D eigenvalue weighted by Crippen LogP contribution is 2.25. The van der Waals surface area contributed by atoms with Crippen molar-refractivity contribution in [3.8, 4) is 11.5 Å². The first-order valence-corrected chi connectivity index (χ1v) is 9.03. The van der Waals surface area contributed by atoms with Crippen molar-refractivity contribution < 1.29 is 14.7 Å². The SMILES string of the molecule is Cn1cccc1-c1nnc2ccc(C(=O)NC3CCC(C(=O)O)CC3)cn12. The van der Waals surface area contributed by atoms with Gasteiger partial charge in [-0.2, -0.15) is 0 Å². The smallest absolute Gasteiger partial charge is 0.306 e. The molecule has 0 atom stereocenters. The van der Waals surface area contributed by atoms with Crippen molar-refractivity contribution in [3.63, 3.8) is 0 Å². The number of carbonyl (C=O) groups is 2. The Morgan fingerprint density at radius 1 is 1.15 bits per heavy atom. The van der Waals surface area contributed by atoms with Crippen molar-refractivity contribution in [3.05, 3.63) is 42.2 Å². The van der Waals surface area contributed by atoms with E-state index < -0.39 is 5.97 Å². The highest BCUT2D eigenvalue weighted by molar-refractivity contribution is 5.94. The van der Waals surface area contributed by atoms with E-state index in [1.54, 1.807) is 18.3 Å². The number of nitrogens with one attached hydrogen (secondary N) is 1. The van der Waals surface area contributed by atoms with Gasteiger partial charge in [0, 0.05) is 25.5 Å². The molecule has 3 aromatic heterocycles. The second-order valence-corrected chi connectivity index (χ2v) is 7.03. The summed E-state index contributed by atoms with van der Waals surface area (Å²) >= 11 is 0. The van der Waals surface area contributed by atoms with Gasteiger partial charge in [-0.15, -0.1) is 10.2 Å². The van der Waals surface area contributed by atoms with Crippen LogP contribution in [0, 0.1) is 5.92 Å². The predicted octanol–water partition coefficient (Wildman–Crippen LogP) is 2.11. The molecule has 3 heterocycles. The number of hydrogen-bond acceptors (Lipinski definition) is 4. The molecular formula is C19H21N5O3. The summed E-state index contributed by atoms with van der Waals surface area (Å²) < 4.78 is 3.76. The summed E-state index contributed by atoms with van der Waals surface area (Å²) in [6, 6.07) is 7.40. The van der Waals surface area contributed by atoms with Crippen molar-refractivity contribution in [1.29, 1.82) is 0 Å². The van der Waals surface area contributed by atoms with E-state index in [-0.39, 0.29) is 17.9 Å². The minimum absolute atomic E-state index is 0.0112. The van der Waals surface area contributed by atoms with E-state index in [2.05, 4.69) is 15.5 Å². The van der Waals surface area contributed by atoms with Crippen molar-refractivity contribution >= 4 is 17.5 Å². The van der Waals surface area contributed by atoms with E-state index in [0.29, 0.717) is 42.7 Å². The first kappa shape index (κ1) is 17.3. The molecule has 0 bridgehead atoms. The Morgan fingerprint density at radius 3 is 2.59 bits per heavy atom. The minimum atomic E-state index is -0.744. The van der Waals surface area contributed by atoms with Crippen LogP contribution in [0.5, 0.6) is 0 Å². The molecule has 3 aromatic rings. The molecule has 8 nitrogen and oxygen atoms in total. The van der Waals surface area contributed by atoms with Crippen LogP contribution in [-0.4, -0.2) is 42.2 Å². The van der Waals surface area contributed by atoms with Gasteiger partial charge >= 0.3 is 5.97 Å². The molecular weight excluding hydrogens is 346 g/mol. The highest BCUT2D eigenvalue weighted by Gasteiger charge is 2.27. The topological polar surface area (TPSA) is 102 Å². The number of carbonyl (C=O) groups excluding carboxylic acids is 1. The van der Waals surface area contributed by atoms with Crippen LogP contribution in [0.15, 0.2) is 36.7 Å². The van der Waals surface area contributed by atoms with Crippen LogP contribution in [0.3, 0.4) is 0 Å². The van der Waals surface area contributed by atoms with Crippen molar-refractivity contribution in [2.45, 2.75) is 31.7 Å². The van der Waals surface area contributed by atoms with E-state index in [1.165, 1.54) is 0 Å². The third kappa shape index (κ3) is 3.30. The molecule has 0 saturated heterocycles. The molecule has 0 aromatic carbocycles. The number of rotatable bonds is 4. The molecule has 1 fully saturated rings. The van der Waals surface area contributed by atoms with Gasteiger partial charge < -0.3 is 15.0 Å². The number of aliphatic carboxylic acids is 1. The van der Waals surface area contributed by atoms with Gasteiger partial charge in [0.2, 0.25) is 0 Å². The van der Waals surface area contributed by atoms with Crippen LogP contribution >= 0.6 is 0 Å². The zero-order valence-electron chi connectivity index (χ0n) is 15.0. The fraction of sp³-hybridized carbons (Fsp3) is 0.368. The third-order valence-corrected chi connectivity index (χ3v) is 5.25. The molecule has 8 heteroatoms. The maximum absolute atomic E-state index is 12.7. The molecule has 4 rings (SSSR count). The average Bonchev–Trinajstić information content (AvgIpc) is 3.27. The first-order valence-electron chi connectivity index (χ1n) is 9.03. The molecule has 1 aliphatic carbocycles. The van der Waals surface area contributed by atoms with E-state index in [9.17, 15) is 9.59 Å². The average molecular weight is 367 g/mol. The van der Waals surface area contributed by atoms with Crippen LogP contribution < -0.4 is 5.32 Å². The van der Waals surface area contributed by atoms with Gasteiger partial charge in [0.25, 0.3) is 5.91 Å². The van der Waals surface area contributed by atoms with Crippen molar-refractivity contribution in [1.82, 2.24) is 24.5 Å². The Bertz CT molecular complexity index is 998. The summed E-state index contributed by atoms with van der Waals surface area (Å²) in [6.45, 7) is 0. The summed E-state index contributed by atoms with van der Waals surface area (Å²) in [7, 11) is 1.93. The lowest BCUT2D eigenvalue weighted by Crippen LogP contribution is -2.38. The van der Waals surface area contributed by atoms with Crippen LogP contribution in [0.4, 0.5) is 0 Å². The fourth-order valence-electron chi connectivity index (χ4n) is 3.65. The van der Waals surface area contributed by atoms with Gasteiger partial charge in [-0.1, -0.05) is 0 Å². The number of carboxylic acids is 1. The summed E-state index contributed by atoms with van der Waals surface area (Å²) in [5.41, 5.74) is 2.11. The second-order valence-electron chi connectivity index (χ2n) is 7.03. The summed E-state index contributed by atoms with van der Waals surface area (Å²) in [4.78, 5) is 23.7. The van der Waals surface area contributed by atoms with Crippen molar-refractivity contribution in [2.24, 2.45) is 13.0 Å². The number of pyridine rings is 1. The van der Waals surface area contributed by atoms with E-state index in [1.807, 2.05) is 34.3 Å². The van der Waals surface area contributed by atoms with E-state index in [0.717, 1.165) is 5.69 Å². The number of aryl methyl sites for hydroxylation is 1. The summed E-state index contributed by atoms with van der Waals surface area (Å²) in [5.74, 6) is -0.526. The molecule has 0 spiro atoms.